The minimum atomic E-state index is -3.00. The van der Waals surface area contributed by atoms with Gasteiger partial charge in [-0.15, -0.1) is 0 Å². The van der Waals surface area contributed by atoms with Crippen molar-refractivity contribution in [2.24, 2.45) is 5.16 Å². The van der Waals surface area contributed by atoms with Crippen LogP contribution in [0.15, 0.2) is 47.6 Å². The van der Waals surface area contributed by atoms with Crippen molar-refractivity contribution < 1.29 is 28.2 Å². The summed E-state index contributed by atoms with van der Waals surface area (Å²) < 4.78 is 40.0. The second kappa shape index (κ2) is 8.35. The number of alkyl halides is 2. The van der Waals surface area contributed by atoms with E-state index in [1.165, 1.54) is 18.2 Å². The van der Waals surface area contributed by atoms with Crippen LogP contribution in [0.1, 0.15) is 11.1 Å². The summed E-state index contributed by atoms with van der Waals surface area (Å²) in [5, 5.41) is 11.4. The minimum Gasteiger partial charge on any atom is -0.497 e. The Balaban J connectivity index is 2.20. The second-order valence-electron chi connectivity index (χ2n) is 4.57. The topological polar surface area (TPSA) is 60.3 Å². The van der Waals surface area contributed by atoms with Crippen LogP contribution >= 0.6 is 11.6 Å². The largest absolute Gasteiger partial charge is 0.497 e. The summed E-state index contributed by atoms with van der Waals surface area (Å²) in [4.78, 5) is 0. The van der Waals surface area contributed by atoms with E-state index >= 15 is 0 Å². The Morgan fingerprint density at radius 1 is 1.17 bits per heavy atom. The molecular weight excluding hydrogens is 344 g/mol. The molecule has 0 radical (unpaired) electrons. The fourth-order valence-electron chi connectivity index (χ4n) is 1.88. The van der Waals surface area contributed by atoms with Crippen LogP contribution in [0.5, 0.6) is 17.2 Å². The van der Waals surface area contributed by atoms with Gasteiger partial charge < -0.3 is 19.4 Å². The van der Waals surface area contributed by atoms with Crippen LogP contribution in [0.25, 0.3) is 0 Å². The highest BCUT2D eigenvalue weighted by molar-refractivity contribution is 6.69. The van der Waals surface area contributed by atoms with Gasteiger partial charge in [0.1, 0.15) is 12.4 Å². The van der Waals surface area contributed by atoms with E-state index in [2.05, 4.69) is 9.89 Å². The third kappa shape index (κ3) is 4.73. The molecule has 0 aliphatic rings. The van der Waals surface area contributed by atoms with Crippen molar-refractivity contribution in [2.45, 2.75) is 13.2 Å². The first-order valence-corrected chi connectivity index (χ1v) is 7.13. The number of halogens is 3. The lowest BCUT2D eigenvalue weighted by Crippen LogP contribution is -2.06. The van der Waals surface area contributed by atoms with Gasteiger partial charge >= 0.3 is 6.61 Å². The highest BCUT2D eigenvalue weighted by Gasteiger charge is 2.14. The molecule has 1 N–H and O–H groups in total. The molecule has 0 unspecified atom stereocenters. The van der Waals surface area contributed by atoms with E-state index < -0.39 is 6.61 Å². The summed E-state index contributed by atoms with van der Waals surface area (Å²) in [6, 6.07) is 11.0. The van der Waals surface area contributed by atoms with Crippen molar-refractivity contribution in [3.63, 3.8) is 0 Å². The van der Waals surface area contributed by atoms with E-state index in [4.69, 9.17) is 26.3 Å². The van der Waals surface area contributed by atoms with Crippen molar-refractivity contribution in [1.29, 1.82) is 0 Å². The Morgan fingerprint density at radius 2 is 1.88 bits per heavy atom. The summed E-state index contributed by atoms with van der Waals surface area (Å²) in [6.45, 7) is -2.89. The van der Waals surface area contributed by atoms with Crippen LogP contribution < -0.4 is 14.2 Å². The zero-order valence-electron chi connectivity index (χ0n) is 12.6. The molecule has 0 saturated carbocycles. The van der Waals surface area contributed by atoms with Gasteiger partial charge in [-0.2, -0.15) is 8.78 Å². The second-order valence-corrected chi connectivity index (χ2v) is 4.93. The summed E-state index contributed by atoms with van der Waals surface area (Å²) in [5.41, 5.74) is 1.09. The molecule has 0 atom stereocenters. The third-order valence-corrected chi connectivity index (χ3v) is 3.33. The molecule has 2 aromatic carbocycles. The number of oxime groups is 1. The fraction of sp³-hybridized carbons (Fsp3) is 0.188. The number of benzene rings is 2. The molecule has 24 heavy (non-hydrogen) atoms. The predicted octanol–water partition coefficient (Wildman–Crippen LogP) is 4.25. The van der Waals surface area contributed by atoms with E-state index in [0.717, 1.165) is 5.56 Å². The Kier molecular flexibility index (Phi) is 6.20. The molecule has 0 aliphatic heterocycles. The molecule has 8 heteroatoms. The highest BCUT2D eigenvalue weighted by atomic mass is 35.5. The molecule has 0 bridgehead atoms. The van der Waals surface area contributed by atoms with Crippen molar-refractivity contribution in [3.8, 4) is 17.2 Å². The lowest BCUT2D eigenvalue weighted by molar-refractivity contribution is -0.0515. The van der Waals surface area contributed by atoms with Gasteiger partial charge in [0, 0.05) is 5.56 Å². The van der Waals surface area contributed by atoms with E-state index in [1.807, 2.05) is 0 Å². The molecule has 128 valence electrons. The van der Waals surface area contributed by atoms with Crippen molar-refractivity contribution in [1.82, 2.24) is 0 Å². The van der Waals surface area contributed by atoms with Gasteiger partial charge in [0.05, 0.1) is 7.11 Å². The summed E-state index contributed by atoms with van der Waals surface area (Å²) >= 11 is 5.71. The molecule has 2 aromatic rings. The lowest BCUT2D eigenvalue weighted by Gasteiger charge is -2.13. The zero-order chi connectivity index (χ0) is 17.5. The van der Waals surface area contributed by atoms with Crippen LogP contribution in [0.2, 0.25) is 0 Å². The van der Waals surface area contributed by atoms with Crippen molar-refractivity contribution >= 4 is 16.8 Å². The van der Waals surface area contributed by atoms with E-state index in [0.29, 0.717) is 11.3 Å². The maximum atomic E-state index is 12.5. The number of rotatable bonds is 7. The zero-order valence-corrected chi connectivity index (χ0v) is 13.3. The van der Waals surface area contributed by atoms with Crippen LogP contribution in [0, 0.1) is 0 Å². The van der Waals surface area contributed by atoms with Gasteiger partial charge in [0.15, 0.2) is 16.7 Å². The Bertz CT molecular complexity index is 708. The quantitative estimate of drug-likeness (QED) is 0.457. The average molecular weight is 358 g/mol. The first-order valence-electron chi connectivity index (χ1n) is 6.76. The summed E-state index contributed by atoms with van der Waals surface area (Å²) in [6.07, 6.45) is 0. The Hall–Kier alpha value is -2.54. The maximum Gasteiger partial charge on any atom is 0.387 e. The van der Waals surface area contributed by atoms with Gasteiger partial charge in [-0.25, -0.2) is 0 Å². The highest BCUT2D eigenvalue weighted by Crippen LogP contribution is 2.31. The smallest absolute Gasteiger partial charge is 0.387 e. The number of methoxy groups -OCH3 is 1. The summed E-state index contributed by atoms with van der Waals surface area (Å²) in [5.74, 6) is 0.587. The van der Waals surface area contributed by atoms with Gasteiger partial charge in [0.2, 0.25) is 0 Å². The van der Waals surface area contributed by atoms with Crippen LogP contribution in [0.4, 0.5) is 8.78 Å². The van der Waals surface area contributed by atoms with Gasteiger partial charge in [-0.1, -0.05) is 28.9 Å². The molecular formula is C16H14ClF2NO4. The number of nitrogens with zero attached hydrogens (tertiary/aromatic N) is 1. The van der Waals surface area contributed by atoms with Gasteiger partial charge in [-0.05, 0) is 35.9 Å². The lowest BCUT2D eigenvalue weighted by atomic mass is 10.2. The summed E-state index contributed by atoms with van der Waals surface area (Å²) in [7, 11) is 1.55. The predicted molar refractivity (Wildman–Crippen MR) is 84.6 cm³/mol. The first kappa shape index (κ1) is 17.8. The van der Waals surface area contributed by atoms with Crippen LogP contribution in [0.3, 0.4) is 0 Å². The SMILES string of the molecule is COc1ccc(COc2cc(C(Cl)=NO)ccc2OC(F)F)cc1. The minimum absolute atomic E-state index is 0.0467. The molecule has 5 nitrogen and oxygen atoms in total. The molecule has 0 spiro atoms. The molecule has 0 heterocycles. The van der Waals surface area contributed by atoms with Crippen LogP contribution in [-0.4, -0.2) is 24.1 Å². The number of hydrogen-bond acceptors (Lipinski definition) is 5. The van der Waals surface area contributed by atoms with Gasteiger partial charge in [-0.3, -0.25) is 0 Å². The van der Waals surface area contributed by atoms with Crippen molar-refractivity contribution in [3.05, 3.63) is 53.6 Å². The first-order chi connectivity index (χ1) is 11.5. The van der Waals surface area contributed by atoms with Crippen molar-refractivity contribution in [2.75, 3.05) is 7.11 Å². The standard InChI is InChI=1S/C16H14ClF2NO4/c1-22-12-5-2-10(3-6-12)9-23-14-8-11(15(17)20-21)4-7-13(14)24-16(18)19/h2-8,16,21H,9H2,1H3. The van der Waals surface area contributed by atoms with Gasteiger partial charge in [0.25, 0.3) is 0 Å². The molecule has 0 aromatic heterocycles. The maximum absolute atomic E-state index is 12.5. The third-order valence-electron chi connectivity index (χ3n) is 3.04. The average Bonchev–Trinajstić information content (AvgIpc) is 2.60. The normalized spacial score (nSPS) is 11.5. The molecule has 0 aliphatic carbocycles. The number of ether oxygens (including phenoxy) is 3. The monoisotopic (exact) mass is 357 g/mol. The Morgan fingerprint density at radius 3 is 2.46 bits per heavy atom. The Labute approximate surface area is 142 Å². The molecule has 2 rings (SSSR count). The van der Waals surface area contributed by atoms with Crippen LogP contribution in [-0.2, 0) is 6.61 Å². The molecule has 0 fully saturated rings. The van der Waals surface area contributed by atoms with E-state index in [-0.39, 0.29) is 23.3 Å². The van der Waals surface area contributed by atoms with E-state index in [1.54, 1.807) is 31.4 Å². The number of hydrogen-bond donors (Lipinski definition) is 1. The van der Waals surface area contributed by atoms with E-state index in [9.17, 15) is 8.78 Å². The fourth-order valence-corrected chi connectivity index (χ4v) is 2.00. The molecule has 0 amide bonds. The molecule has 0 saturated heterocycles.